The van der Waals surface area contributed by atoms with Crippen LogP contribution in [0.4, 0.5) is 0 Å². The van der Waals surface area contributed by atoms with E-state index in [4.69, 9.17) is 0 Å². The van der Waals surface area contributed by atoms with Crippen LogP contribution in [0, 0.1) is 0 Å². The van der Waals surface area contributed by atoms with Crippen molar-refractivity contribution in [1.29, 1.82) is 0 Å². The van der Waals surface area contributed by atoms with Gasteiger partial charge < -0.3 is 0 Å². The van der Waals surface area contributed by atoms with Crippen molar-refractivity contribution in [2.24, 2.45) is 0 Å². The van der Waals surface area contributed by atoms with Crippen LogP contribution in [0.15, 0.2) is 0 Å². The summed E-state index contributed by atoms with van der Waals surface area (Å²) in [5.74, 6) is 0. The summed E-state index contributed by atoms with van der Waals surface area (Å²) in [5.41, 5.74) is 0. The number of hydrogen-bond donors (Lipinski definition) is 0. The molecule has 0 fully saturated rings. The maximum Gasteiger partial charge on any atom is -0.0590 e. The molecule has 0 aromatic heterocycles. The molecule has 0 rings (SSSR count). The second kappa shape index (κ2) is 417. The summed E-state index contributed by atoms with van der Waals surface area (Å²) in [5, 5.41) is 0. The van der Waals surface area contributed by atoms with Crippen molar-refractivity contribution in [2.45, 2.75) is 201 Å². The Bertz CT molecular complexity index is 19.7. The minimum atomic E-state index is 0. The Morgan fingerprint density at radius 3 is 0.172 bits per heavy atom. The highest BCUT2D eigenvalue weighted by Crippen LogP contribution is 1.58. The van der Waals surface area contributed by atoms with Gasteiger partial charge in [0.15, 0.2) is 0 Å². The predicted molar refractivity (Wildman–Crippen MR) is 166 cm³/mol. The molecule has 0 atom stereocenters. The van der Waals surface area contributed by atoms with Crippen LogP contribution in [0.2, 0.25) is 0 Å². The zero-order valence-corrected chi connectivity index (χ0v) is 18.9. The second-order valence-electron chi connectivity index (χ2n) is 4.95. The zero-order valence-electron chi connectivity index (χ0n) is 18.9. The SMILES string of the molecule is C.C.C.C.C.C.C.C.CCC.CCC.CCC.CCC.CCC.CCC.CCC. The van der Waals surface area contributed by atoms with Crippen LogP contribution >= 0.6 is 0 Å². The van der Waals surface area contributed by atoms with Gasteiger partial charge in [0.1, 0.15) is 0 Å². The molecule has 0 nitrogen and oxygen atoms in total. The van der Waals surface area contributed by atoms with Gasteiger partial charge in [-0.15, -0.1) is 0 Å². The van der Waals surface area contributed by atoms with Gasteiger partial charge in [-0.05, 0) is 0 Å². The fourth-order valence-electron chi connectivity index (χ4n) is 0. The molecule has 204 valence electrons. The second-order valence-corrected chi connectivity index (χ2v) is 4.95. The standard InChI is InChI=1S/7C3H8.8CH4/c7*1-3-2;;;;;;;;/h7*3H2,1-2H3;8*1H4. The topological polar surface area (TPSA) is 0 Å². The predicted octanol–water partition coefficient (Wildman–Crippen LogP) is 15.0. The van der Waals surface area contributed by atoms with E-state index in [9.17, 15) is 0 Å². The molecule has 0 bridgehead atoms. The first kappa shape index (κ1) is 116. The maximum absolute atomic E-state index is 2.12. The van der Waals surface area contributed by atoms with Crippen LogP contribution in [0.5, 0.6) is 0 Å². The number of hydrogen-bond acceptors (Lipinski definition) is 0. The molecule has 0 unspecified atom stereocenters. The molecule has 0 aromatic carbocycles. The van der Waals surface area contributed by atoms with Gasteiger partial charge in [-0.1, -0.05) is 201 Å². The Morgan fingerprint density at radius 2 is 0.172 bits per heavy atom. The van der Waals surface area contributed by atoms with Gasteiger partial charge in [0.25, 0.3) is 0 Å². The molecule has 29 heavy (non-hydrogen) atoms. The molecule has 0 heterocycles. The summed E-state index contributed by atoms with van der Waals surface area (Å²) >= 11 is 0. The Labute approximate surface area is 201 Å². The highest BCUT2D eigenvalue weighted by molar-refractivity contribution is 3.94. The van der Waals surface area contributed by atoms with Crippen molar-refractivity contribution in [2.75, 3.05) is 0 Å². The fourth-order valence-corrected chi connectivity index (χ4v) is 0. The quantitative estimate of drug-likeness (QED) is 0.354. The van der Waals surface area contributed by atoms with E-state index in [-0.39, 0.29) is 59.4 Å². The van der Waals surface area contributed by atoms with Gasteiger partial charge >= 0.3 is 0 Å². The van der Waals surface area contributed by atoms with Gasteiger partial charge in [0.2, 0.25) is 0 Å². The van der Waals surface area contributed by atoms with E-state index in [1.54, 1.807) is 0 Å². The first-order valence-electron chi connectivity index (χ1n) is 9.90. The average molecular weight is 437 g/mol. The van der Waals surface area contributed by atoms with E-state index < -0.39 is 0 Å². The lowest BCUT2D eigenvalue weighted by Gasteiger charge is -1.48. The van der Waals surface area contributed by atoms with E-state index >= 15 is 0 Å². The summed E-state index contributed by atoms with van der Waals surface area (Å²) in [6.07, 6.45) is 8.75. The van der Waals surface area contributed by atoms with Crippen LogP contribution in [0.25, 0.3) is 0 Å². The smallest absolute Gasteiger partial charge is 0.0590 e. The normalized spacial score (nSPS) is 4.34. The molecule has 0 aliphatic rings. The van der Waals surface area contributed by atoms with Crippen molar-refractivity contribution in [1.82, 2.24) is 0 Å². The summed E-state index contributed by atoms with van der Waals surface area (Å²) in [6.45, 7) is 29.8. The Kier molecular flexibility index (Phi) is 1670. The molecular formula is C29H88. The molecule has 0 amide bonds. The molecule has 0 saturated carbocycles. The fraction of sp³-hybridized carbons (Fsp3) is 1.00. The van der Waals surface area contributed by atoms with Crippen molar-refractivity contribution >= 4 is 0 Å². The van der Waals surface area contributed by atoms with E-state index in [2.05, 4.69) is 96.9 Å². The minimum Gasteiger partial charge on any atom is -0.0776 e. The van der Waals surface area contributed by atoms with Crippen molar-refractivity contribution < 1.29 is 0 Å². The summed E-state index contributed by atoms with van der Waals surface area (Å²) in [6, 6.07) is 0. The average Bonchev–Trinajstić information content (AvgIpc) is 2.35. The van der Waals surface area contributed by atoms with Gasteiger partial charge in [0, 0.05) is 0 Å². The summed E-state index contributed by atoms with van der Waals surface area (Å²) < 4.78 is 0. The van der Waals surface area contributed by atoms with Crippen molar-refractivity contribution in [3.8, 4) is 0 Å². The lowest BCUT2D eigenvalue weighted by Crippen LogP contribution is -1.27. The molecule has 0 aliphatic heterocycles. The lowest BCUT2D eigenvalue weighted by atomic mass is 10.6. The lowest BCUT2D eigenvalue weighted by molar-refractivity contribution is 1.09. The van der Waals surface area contributed by atoms with Crippen molar-refractivity contribution in [3.05, 3.63) is 0 Å². The largest absolute Gasteiger partial charge is 0.0776 e. The Hall–Kier alpha value is 0. The van der Waals surface area contributed by atoms with E-state index in [0.717, 1.165) is 0 Å². The Morgan fingerprint density at radius 1 is 0.172 bits per heavy atom. The van der Waals surface area contributed by atoms with Gasteiger partial charge in [0.05, 0.1) is 0 Å². The highest BCUT2D eigenvalue weighted by atomic mass is 13.4. The van der Waals surface area contributed by atoms with E-state index in [0.29, 0.717) is 0 Å². The highest BCUT2D eigenvalue weighted by Gasteiger charge is 1.37. The molecule has 0 radical (unpaired) electrons. The Balaban J connectivity index is -0.00000000580. The molecule has 0 spiro atoms. The molecule has 0 N–H and O–H groups in total. The van der Waals surface area contributed by atoms with Gasteiger partial charge in [-0.25, -0.2) is 0 Å². The van der Waals surface area contributed by atoms with Crippen LogP contribution in [0.3, 0.4) is 0 Å². The van der Waals surface area contributed by atoms with Crippen LogP contribution in [-0.2, 0) is 0 Å². The molecule has 0 saturated heterocycles. The third-order valence-corrected chi connectivity index (χ3v) is 0. The third-order valence-electron chi connectivity index (χ3n) is 0. The van der Waals surface area contributed by atoms with Gasteiger partial charge in [-0.2, -0.15) is 0 Å². The number of rotatable bonds is 0. The van der Waals surface area contributed by atoms with Gasteiger partial charge in [-0.3, -0.25) is 0 Å². The first-order chi connectivity index (χ1) is 9.90. The van der Waals surface area contributed by atoms with E-state index in [1.165, 1.54) is 44.9 Å². The van der Waals surface area contributed by atoms with Crippen molar-refractivity contribution in [3.63, 3.8) is 0 Å². The van der Waals surface area contributed by atoms with E-state index in [1.807, 2.05) is 0 Å². The molecule has 0 aromatic rings. The maximum atomic E-state index is 2.12. The van der Waals surface area contributed by atoms with Crippen LogP contribution in [0.1, 0.15) is 201 Å². The van der Waals surface area contributed by atoms with Crippen LogP contribution in [-0.4, -0.2) is 0 Å². The molecule has 0 heteroatoms. The monoisotopic (exact) mass is 437 g/mol. The molecular weight excluding hydrogens is 348 g/mol. The molecule has 0 aliphatic carbocycles. The zero-order chi connectivity index (χ0) is 18.9. The van der Waals surface area contributed by atoms with Crippen LogP contribution < -0.4 is 0 Å². The minimum absolute atomic E-state index is 0. The third kappa shape index (κ3) is 0. The summed E-state index contributed by atoms with van der Waals surface area (Å²) in [7, 11) is 0. The first-order valence-corrected chi connectivity index (χ1v) is 9.90. The summed E-state index contributed by atoms with van der Waals surface area (Å²) in [4.78, 5) is 0.